The monoisotopic (exact) mass is 426 g/mol. The van der Waals surface area contributed by atoms with Crippen LogP contribution in [0.2, 0.25) is 0 Å². The van der Waals surface area contributed by atoms with Crippen molar-refractivity contribution >= 4 is 23.6 Å². The van der Waals surface area contributed by atoms with Crippen molar-refractivity contribution < 1.29 is 19.1 Å². The van der Waals surface area contributed by atoms with Crippen LogP contribution in [0.15, 0.2) is 24.3 Å². The van der Waals surface area contributed by atoms with Crippen molar-refractivity contribution in [3.63, 3.8) is 0 Å². The van der Waals surface area contributed by atoms with E-state index >= 15 is 0 Å². The van der Waals surface area contributed by atoms with Gasteiger partial charge in [-0.15, -0.1) is 0 Å². The van der Waals surface area contributed by atoms with Gasteiger partial charge in [0.25, 0.3) is 5.91 Å². The predicted octanol–water partition coefficient (Wildman–Crippen LogP) is 2.28. The number of nitrogens with one attached hydrogen (secondary N) is 2. The van der Waals surface area contributed by atoms with Gasteiger partial charge in [-0.1, -0.05) is 12.1 Å². The Morgan fingerprint density at radius 2 is 1.84 bits per heavy atom. The minimum atomic E-state index is -0.451. The Labute approximate surface area is 182 Å². The second-order valence-electron chi connectivity index (χ2n) is 9.19. The van der Waals surface area contributed by atoms with Crippen molar-refractivity contribution in [2.24, 2.45) is 17.8 Å². The standard InChI is InChI=1S/C23H30N4O4/c1-2-31-22(30)27-11-9-26(10-12-27)21(29)18-13-16-8-7-15(18)14-23(16)24-19-6-4-3-5-17(19)20(28)25-23/h3-6,15-16,18,24H,2,7-14H2,1H3,(H,25,28)/t15-,16+,18+,23+/m0/s1. The zero-order chi connectivity index (χ0) is 21.6. The average Bonchev–Trinajstić information content (AvgIpc) is 2.79. The molecule has 0 radical (unpaired) electrons. The number of hydrogen-bond acceptors (Lipinski definition) is 5. The van der Waals surface area contributed by atoms with E-state index in [1.165, 1.54) is 0 Å². The molecule has 2 N–H and O–H groups in total. The van der Waals surface area contributed by atoms with Crippen LogP contribution < -0.4 is 10.6 Å². The molecule has 3 amide bonds. The van der Waals surface area contributed by atoms with Gasteiger partial charge >= 0.3 is 6.09 Å². The summed E-state index contributed by atoms with van der Waals surface area (Å²) >= 11 is 0. The molecule has 4 fully saturated rings. The van der Waals surface area contributed by atoms with Crippen LogP contribution in [0.3, 0.4) is 0 Å². The first-order chi connectivity index (χ1) is 15.0. The molecule has 3 aliphatic carbocycles. The van der Waals surface area contributed by atoms with Gasteiger partial charge in [-0.25, -0.2) is 4.79 Å². The van der Waals surface area contributed by atoms with Crippen LogP contribution in [0.4, 0.5) is 10.5 Å². The van der Waals surface area contributed by atoms with Crippen molar-refractivity contribution in [1.29, 1.82) is 0 Å². The summed E-state index contributed by atoms with van der Waals surface area (Å²) in [5.41, 5.74) is 1.12. The Balaban J connectivity index is 1.25. The summed E-state index contributed by atoms with van der Waals surface area (Å²) in [6.45, 7) is 4.30. The number of anilines is 1. The number of fused-ring (bicyclic) bond motifs is 3. The fraction of sp³-hybridized carbons (Fsp3) is 0.609. The highest BCUT2D eigenvalue weighted by Gasteiger charge is 2.55. The summed E-state index contributed by atoms with van der Waals surface area (Å²) in [4.78, 5) is 41.6. The Morgan fingerprint density at radius 1 is 1.10 bits per heavy atom. The molecule has 8 nitrogen and oxygen atoms in total. The Hall–Kier alpha value is -2.77. The number of amides is 3. The summed E-state index contributed by atoms with van der Waals surface area (Å²) < 4.78 is 5.07. The van der Waals surface area contributed by atoms with E-state index in [1.807, 2.05) is 29.2 Å². The molecule has 8 heteroatoms. The molecule has 0 unspecified atom stereocenters. The first-order valence-electron chi connectivity index (χ1n) is 11.4. The molecular weight excluding hydrogens is 396 g/mol. The van der Waals surface area contributed by atoms with Gasteiger partial charge in [0.05, 0.1) is 12.2 Å². The molecule has 1 spiro atoms. The number of ether oxygens (including phenoxy) is 1. The topological polar surface area (TPSA) is 91.0 Å². The zero-order valence-electron chi connectivity index (χ0n) is 17.9. The lowest BCUT2D eigenvalue weighted by Gasteiger charge is -2.57. The molecule has 2 heterocycles. The van der Waals surface area contributed by atoms with E-state index < -0.39 is 5.66 Å². The summed E-state index contributed by atoms with van der Waals surface area (Å²) in [6.07, 6.45) is 3.30. The van der Waals surface area contributed by atoms with Crippen molar-refractivity contribution in [3.8, 4) is 0 Å². The fourth-order valence-corrected chi connectivity index (χ4v) is 6.00. The Kier molecular flexibility index (Phi) is 5.02. The summed E-state index contributed by atoms with van der Waals surface area (Å²) in [7, 11) is 0. The average molecular weight is 427 g/mol. The van der Waals surface area contributed by atoms with E-state index in [0.717, 1.165) is 31.4 Å². The number of piperazine rings is 1. The van der Waals surface area contributed by atoms with Crippen LogP contribution >= 0.6 is 0 Å². The van der Waals surface area contributed by atoms with E-state index in [2.05, 4.69) is 10.6 Å². The molecule has 2 bridgehead atoms. The van der Waals surface area contributed by atoms with Gasteiger partial charge in [0.2, 0.25) is 5.91 Å². The number of benzene rings is 1. The van der Waals surface area contributed by atoms with Crippen LogP contribution in [0.25, 0.3) is 0 Å². The first-order valence-corrected chi connectivity index (χ1v) is 11.4. The van der Waals surface area contributed by atoms with Crippen LogP contribution in [-0.2, 0) is 9.53 Å². The van der Waals surface area contributed by atoms with Crippen molar-refractivity contribution in [1.82, 2.24) is 15.1 Å². The number of rotatable bonds is 2. The predicted molar refractivity (Wildman–Crippen MR) is 114 cm³/mol. The van der Waals surface area contributed by atoms with Gasteiger partial charge < -0.3 is 25.2 Å². The van der Waals surface area contributed by atoms with Gasteiger partial charge in [-0.3, -0.25) is 9.59 Å². The maximum Gasteiger partial charge on any atom is 0.409 e. The largest absolute Gasteiger partial charge is 0.450 e. The van der Waals surface area contributed by atoms with E-state index in [9.17, 15) is 14.4 Å². The van der Waals surface area contributed by atoms with Crippen molar-refractivity contribution in [2.75, 3.05) is 38.1 Å². The third-order valence-corrected chi connectivity index (χ3v) is 7.58. The maximum absolute atomic E-state index is 13.4. The lowest BCUT2D eigenvalue weighted by molar-refractivity contribution is -0.144. The number of nitrogens with zero attached hydrogens (tertiary/aromatic N) is 2. The highest BCUT2D eigenvalue weighted by atomic mass is 16.6. The third kappa shape index (κ3) is 3.42. The van der Waals surface area contributed by atoms with Crippen LogP contribution in [0.5, 0.6) is 0 Å². The highest BCUT2D eigenvalue weighted by molar-refractivity contribution is 6.02. The lowest BCUT2D eigenvalue weighted by Crippen LogP contribution is -2.68. The molecule has 1 aromatic carbocycles. The molecule has 166 valence electrons. The maximum atomic E-state index is 13.4. The lowest BCUT2D eigenvalue weighted by atomic mass is 9.58. The molecule has 0 aromatic heterocycles. The van der Waals surface area contributed by atoms with Gasteiger partial charge in [0.15, 0.2) is 0 Å². The van der Waals surface area contributed by atoms with Gasteiger partial charge in [0, 0.05) is 43.7 Å². The quantitative estimate of drug-likeness (QED) is 0.757. The SMILES string of the molecule is CCOC(=O)N1CCN(C(=O)[C@@H]2C[C@H]3CC[C@H]2C[C@@]32NC(=O)c3ccccc3N2)CC1. The molecule has 1 saturated heterocycles. The molecule has 1 aromatic rings. The number of para-hydroxylation sites is 1. The molecule has 6 rings (SSSR count). The normalized spacial score (nSPS) is 31.6. The van der Waals surface area contributed by atoms with Gasteiger partial charge in [0.1, 0.15) is 5.66 Å². The Morgan fingerprint density at radius 3 is 2.55 bits per heavy atom. The molecule has 31 heavy (non-hydrogen) atoms. The van der Waals surface area contributed by atoms with Crippen molar-refractivity contribution in [2.45, 2.75) is 38.3 Å². The van der Waals surface area contributed by atoms with Gasteiger partial charge in [-0.2, -0.15) is 0 Å². The second-order valence-corrected chi connectivity index (χ2v) is 9.19. The number of carbonyl (C=O) groups is 3. The highest BCUT2D eigenvalue weighted by Crippen LogP contribution is 2.52. The van der Waals surface area contributed by atoms with Gasteiger partial charge in [-0.05, 0) is 50.7 Å². The fourth-order valence-electron chi connectivity index (χ4n) is 6.00. The van der Waals surface area contributed by atoms with E-state index in [4.69, 9.17) is 4.74 Å². The van der Waals surface area contributed by atoms with E-state index in [0.29, 0.717) is 38.3 Å². The van der Waals surface area contributed by atoms with Crippen molar-refractivity contribution in [3.05, 3.63) is 29.8 Å². The van der Waals surface area contributed by atoms with E-state index in [1.54, 1.807) is 11.8 Å². The molecule has 3 saturated carbocycles. The molecule has 2 aliphatic heterocycles. The third-order valence-electron chi connectivity index (χ3n) is 7.58. The van der Waals surface area contributed by atoms with Crippen LogP contribution in [-0.4, -0.2) is 66.2 Å². The molecule has 4 atom stereocenters. The molecule has 5 aliphatic rings. The smallest absolute Gasteiger partial charge is 0.409 e. The second kappa shape index (κ2) is 7.73. The minimum Gasteiger partial charge on any atom is -0.450 e. The Bertz CT molecular complexity index is 897. The summed E-state index contributed by atoms with van der Waals surface area (Å²) in [5.74, 6) is 0.646. The van der Waals surface area contributed by atoms with Crippen LogP contribution in [0.1, 0.15) is 43.0 Å². The first kappa shape index (κ1) is 20.2. The van der Waals surface area contributed by atoms with E-state index in [-0.39, 0.29) is 35.7 Å². The minimum absolute atomic E-state index is 0.00519. The molecular formula is C23H30N4O4. The number of carbonyl (C=O) groups excluding carboxylic acids is 3. The van der Waals surface area contributed by atoms with Crippen LogP contribution in [0, 0.1) is 17.8 Å². The zero-order valence-corrected chi connectivity index (χ0v) is 17.9. The summed E-state index contributed by atoms with van der Waals surface area (Å²) in [5, 5.41) is 6.88. The number of hydrogen-bond donors (Lipinski definition) is 2. The summed E-state index contributed by atoms with van der Waals surface area (Å²) in [6, 6.07) is 7.63.